The maximum atomic E-state index is 13.0. The van der Waals surface area contributed by atoms with Crippen LogP contribution in [0, 0.1) is 5.82 Å². The molecule has 0 saturated heterocycles. The molecule has 2 unspecified atom stereocenters. The van der Waals surface area contributed by atoms with Gasteiger partial charge in [0.1, 0.15) is 11.6 Å². The number of aromatic nitrogens is 1. The summed E-state index contributed by atoms with van der Waals surface area (Å²) < 4.78 is 18.2. The third-order valence-electron chi connectivity index (χ3n) is 4.31. The van der Waals surface area contributed by atoms with E-state index in [1.807, 2.05) is 0 Å². The van der Waals surface area contributed by atoms with Gasteiger partial charge in [0, 0.05) is 12.2 Å². The fourth-order valence-electron chi connectivity index (χ4n) is 2.48. The van der Waals surface area contributed by atoms with Gasteiger partial charge in [-0.3, -0.25) is 4.79 Å². The molecular weight excluding hydrogens is 349 g/mol. The van der Waals surface area contributed by atoms with E-state index in [9.17, 15) is 14.0 Å². The highest BCUT2D eigenvalue weighted by Gasteiger charge is 2.23. The van der Waals surface area contributed by atoms with Crippen molar-refractivity contribution in [3.8, 4) is 0 Å². The molecule has 7 heteroatoms. The zero-order valence-electron chi connectivity index (χ0n) is 15.2. The van der Waals surface area contributed by atoms with E-state index in [0.29, 0.717) is 11.9 Å². The van der Waals surface area contributed by atoms with Crippen molar-refractivity contribution in [3.05, 3.63) is 59.5 Å². The molecule has 27 heavy (non-hydrogen) atoms. The predicted octanol–water partition coefficient (Wildman–Crippen LogP) is 3.22. The highest BCUT2D eigenvalue weighted by Crippen LogP contribution is 2.23. The maximum Gasteiger partial charge on any atom is 0.340 e. The lowest BCUT2D eigenvalue weighted by molar-refractivity contribution is -0.129. The Bertz CT molecular complexity index is 804. The van der Waals surface area contributed by atoms with E-state index >= 15 is 0 Å². The van der Waals surface area contributed by atoms with Gasteiger partial charge < -0.3 is 15.4 Å². The number of halogens is 1. The van der Waals surface area contributed by atoms with Crippen LogP contribution in [0.5, 0.6) is 0 Å². The van der Waals surface area contributed by atoms with E-state index in [0.717, 1.165) is 18.4 Å². The summed E-state index contributed by atoms with van der Waals surface area (Å²) in [5.41, 5.74) is 1.04. The molecule has 1 amide bonds. The van der Waals surface area contributed by atoms with Crippen LogP contribution in [0.15, 0.2) is 42.6 Å². The summed E-state index contributed by atoms with van der Waals surface area (Å²) in [4.78, 5) is 28.6. The minimum atomic E-state index is -0.968. The molecular formula is C20H22FN3O3. The van der Waals surface area contributed by atoms with Crippen molar-refractivity contribution in [1.82, 2.24) is 10.3 Å². The Hall–Kier alpha value is -2.96. The van der Waals surface area contributed by atoms with Crippen molar-refractivity contribution >= 4 is 17.7 Å². The van der Waals surface area contributed by atoms with E-state index in [4.69, 9.17) is 4.74 Å². The number of carbonyl (C=O) groups excluding carboxylic acids is 2. The molecule has 0 spiro atoms. The molecule has 0 aliphatic heterocycles. The molecule has 1 heterocycles. The van der Waals surface area contributed by atoms with Gasteiger partial charge in [0.15, 0.2) is 6.10 Å². The molecule has 2 aromatic rings. The second-order valence-corrected chi connectivity index (χ2v) is 6.68. The van der Waals surface area contributed by atoms with Crippen LogP contribution in [0.3, 0.4) is 0 Å². The molecule has 2 atom stereocenters. The Kier molecular flexibility index (Phi) is 5.69. The first-order chi connectivity index (χ1) is 12.9. The molecule has 1 aromatic carbocycles. The van der Waals surface area contributed by atoms with Gasteiger partial charge in [-0.25, -0.2) is 14.2 Å². The van der Waals surface area contributed by atoms with Crippen LogP contribution in [0.25, 0.3) is 0 Å². The summed E-state index contributed by atoms with van der Waals surface area (Å²) in [5.74, 6) is -0.669. The van der Waals surface area contributed by atoms with Crippen LogP contribution >= 0.6 is 0 Å². The zero-order valence-corrected chi connectivity index (χ0v) is 15.2. The number of amides is 1. The van der Waals surface area contributed by atoms with Crippen LogP contribution in [0.1, 0.15) is 48.7 Å². The highest BCUT2D eigenvalue weighted by molar-refractivity contribution is 5.92. The first kappa shape index (κ1) is 18.8. The topological polar surface area (TPSA) is 80.3 Å². The monoisotopic (exact) mass is 371 g/mol. The molecule has 2 N–H and O–H groups in total. The standard InChI is InChI=1S/C20H22FN3O3/c1-12(14-3-6-16(21)7-4-14)23-19(25)13(2)27-20(26)15-5-10-18(22-11-15)24-17-8-9-17/h3-7,10-13,17H,8-9H2,1-2H3,(H,22,24)(H,23,25). The fraction of sp³-hybridized carbons (Fsp3) is 0.350. The van der Waals surface area contributed by atoms with Gasteiger partial charge in [-0.05, 0) is 56.5 Å². The summed E-state index contributed by atoms with van der Waals surface area (Å²) in [7, 11) is 0. The minimum absolute atomic E-state index is 0.280. The molecule has 6 nitrogen and oxygen atoms in total. The predicted molar refractivity (Wildman–Crippen MR) is 98.7 cm³/mol. The molecule has 1 aliphatic carbocycles. The van der Waals surface area contributed by atoms with Crippen LogP contribution in [-0.2, 0) is 9.53 Å². The number of hydrogen-bond acceptors (Lipinski definition) is 5. The lowest BCUT2D eigenvalue weighted by atomic mass is 10.1. The second-order valence-electron chi connectivity index (χ2n) is 6.68. The van der Waals surface area contributed by atoms with E-state index in [-0.39, 0.29) is 17.4 Å². The first-order valence-electron chi connectivity index (χ1n) is 8.92. The van der Waals surface area contributed by atoms with Gasteiger partial charge in [0.25, 0.3) is 5.91 Å². The molecule has 1 aliphatic rings. The summed E-state index contributed by atoms with van der Waals surface area (Å²) in [5, 5.41) is 5.98. The van der Waals surface area contributed by atoms with Crippen LogP contribution in [0.2, 0.25) is 0 Å². The Morgan fingerprint density at radius 3 is 2.44 bits per heavy atom. The van der Waals surface area contributed by atoms with Crippen molar-refractivity contribution in [2.45, 2.75) is 44.9 Å². The number of ether oxygens (including phenoxy) is 1. The van der Waals surface area contributed by atoms with Gasteiger partial charge >= 0.3 is 5.97 Å². The number of carbonyl (C=O) groups is 2. The van der Waals surface area contributed by atoms with Crippen LogP contribution < -0.4 is 10.6 Å². The van der Waals surface area contributed by atoms with Gasteiger partial charge in [0.05, 0.1) is 11.6 Å². The third-order valence-corrected chi connectivity index (χ3v) is 4.31. The average molecular weight is 371 g/mol. The quantitative estimate of drug-likeness (QED) is 0.731. The van der Waals surface area contributed by atoms with Gasteiger partial charge in [0.2, 0.25) is 0 Å². The summed E-state index contributed by atoms with van der Waals surface area (Å²) in [6.45, 7) is 3.27. The molecule has 1 aromatic heterocycles. The van der Waals surface area contributed by atoms with Crippen LogP contribution in [0.4, 0.5) is 10.2 Å². The molecule has 1 saturated carbocycles. The number of anilines is 1. The second kappa shape index (κ2) is 8.16. The Balaban J connectivity index is 1.52. The third kappa shape index (κ3) is 5.26. The highest BCUT2D eigenvalue weighted by atomic mass is 19.1. The first-order valence-corrected chi connectivity index (χ1v) is 8.92. The number of nitrogens with zero attached hydrogens (tertiary/aromatic N) is 1. The van der Waals surface area contributed by atoms with E-state index in [1.165, 1.54) is 25.3 Å². The summed E-state index contributed by atoms with van der Waals surface area (Å²) >= 11 is 0. The number of nitrogens with one attached hydrogen (secondary N) is 2. The smallest absolute Gasteiger partial charge is 0.340 e. The van der Waals surface area contributed by atoms with Crippen molar-refractivity contribution in [2.75, 3.05) is 5.32 Å². The maximum absolute atomic E-state index is 13.0. The Labute approximate surface area is 157 Å². The number of esters is 1. The molecule has 142 valence electrons. The molecule has 0 radical (unpaired) electrons. The van der Waals surface area contributed by atoms with E-state index in [2.05, 4.69) is 15.6 Å². The van der Waals surface area contributed by atoms with Crippen molar-refractivity contribution in [3.63, 3.8) is 0 Å². The largest absolute Gasteiger partial charge is 0.449 e. The van der Waals surface area contributed by atoms with Gasteiger partial charge in [-0.15, -0.1) is 0 Å². The minimum Gasteiger partial charge on any atom is -0.449 e. The van der Waals surface area contributed by atoms with Gasteiger partial charge in [-0.1, -0.05) is 12.1 Å². The molecule has 3 rings (SSSR count). The normalized spacial score (nSPS) is 15.5. The fourth-order valence-corrected chi connectivity index (χ4v) is 2.48. The summed E-state index contributed by atoms with van der Waals surface area (Å²) in [6.07, 6.45) is 2.73. The Morgan fingerprint density at radius 1 is 1.15 bits per heavy atom. The number of hydrogen-bond donors (Lipinski definition) is 2. The number of rotatable bonds is 7. The Morgan fingerprint density at radius 2 is 1.85 bits per heavy atom. The molecule has 1 fully saturated rings. The lowest BCUT2D eigenvalue weighted by Gasteiger charge is -2.18. The van der Waals surface area contributed by atoms with Crippen molar-refractivity contribution in [2.24, 2.45) is 0 Å². The zero-order chi connectivity index (χ0) is 19.4. The van der Waals surface area contributed by atoms with Crippen molar-refractivity contribution < 1.29 is 18.7 Å². The van der Waals surface area contributed by atoms with Crippen LogP contribution in [-0.4, -0.2) is 29.0 Å². The van der Waals surface area contributed by atoms with Crippen molar-refractivity contribution in [1.29, 1.82) is 0 Å². The average Bonchev–Trinajstić information content (AvgIpc) is 3.46. The number of benzene rings is 1. The summed E-state index contributed by atoms with van der Waals surface area (Å²) in [6, 6.07) is 9.32. The molecule has 0 bridgehead atoms. The van der Waals surface area contributed by atoms with Gasteiger partial charge in [-0.2, -0.15) is 0 Å². The SMILES string of the molecule is CC(OC(=O)c1ccc(NC2CC2)nc1)C(=O)NC(C)c1ccc(F)cc1. The lowest BCUT2D eigenvalue weighted by Crippen LogP contribution is -2.37. The van der Waals surface area contributed by atoms with E-state index in [1.54, 1.807) is 31.2 Å². The van der Waals surface area contributed by atoms with E-state index < -0.39 is 18.0 Å². The number of pyridine rings is 1.